The van der Waals surface area contributed by atoms with E-state index in [9.17, 15) is 14.0 Å². The molecule has 1 aromatic rings. The monoisotopic (exact) mass is 295 g/mol. The fraction of sp³-hybridized carbons (Fsp3) is 0.467. The second-order valence-electron chi connectivity index (χ2n) is 4.89. The van der Waals surface area contributed by atoms with Crippen LogP contribution in [-0.4, -0.2) is 31.7 Å². The Balaban J connectivity index is 2.09. The Bertz CT molecular complexity index is 497. The van der Waals surface area contributed by atoms with Crippen LogP contribution in [0.15, 0.2) is 24.3 Å². The van der Waals surface area contributed by atoms with Gasteiger partial charge < -0.3 is 14.8 Å². The summed E-state index contributed by atoms with van der Waals surface area (Å²) >= 11 is 0. The van der Waals surface area contributed by atoms with Gasteiger partial charge in [0.1, 0.15) is 11.9 Å². The predicted octanol–water partition coefficient (Wildman–Crippen LogP) is 1.73. The summed E-state index contributed by atoms with van der Waals surface area (Å²) in [5.41, 5.74) is 0.646. The molecular weight excluding hydrogens is 277 g/mol. The maximum Gasteiger partial charge on any atom is 0.307 e. The minimum atomic E-state index is -0.560. The lowest BCUT2D eigenvalue weighted by Crippen LogP contribution is -2.37. The van der Waals surface area contributed by atoms with Crippen LogP contribution in [0.5, 0.6) is 0 Å². The van der Waals surface area contributed by atoms with E-state index in [2.05, 4.69) is 10.1 Å². The number of carbonyl (C=O) groups excluding carboxylic acids is 2. The number of hydrogen-bond acceptors (Lipinski definition) is 4. The highest BCUT2D eigenvalue weighted by Gasteiger charge is 2.27. The highest BCUT2D eigenvalue weighted by molar-refractivity contribution is 5.82. The molecule has 0 bridgehead atoms. The van der Waals surface area contributed by atoms with Crippen molar-refractivity contribution >= 4 is 11.9 Å². The molecular formula is C15H18FNO4. The summed E-state index contributed by atoms with van der Waals surface area (Å²) in [5.74, 6) is -1.08. The Kier molecular flexibility index (Phi) is 5.27. The molecule has 21 heavy (non-hydrogen) atoms. The lowest BCUT2D eigenvalue weighted by Gasteiger charge is -2.20. The van der Waals surface area contributed by atoms with Crippen LogP contribution >= 0.6 is 0 Å². The minimum Gasteiger partial charge on any atom is -0.469 e. The molecule has 1 amide bonds. The summed E-state index contributed by atoms with van der Waals surface area (Å²) in [6.45, 7) is 0.566. The zero-order valence-electron chi connectivity index (χ0n) is 11.8. The standard InChI is InChI=1S/C15H18FNO4/c1-20-14(18)9-12(10-4-6-11(16)7-5-10)17-15(19)13-3-2-8-21-13/h4-7,12-13H,2-3,8-9H2,1H3,(H,17,19)/t12-,13+/m1/s1. The van der Waals surface area contributed by atoms with Gasteiger partial charge in [-0.05, 0) is 30.5 Å². The average molecular weight is 295 g/mol. The molecule has 0 aliphatic carbocycles. The summed E-state index contributed by atoms with van der Waals surface area (Å²) in [6.07, 6.45) is 1.02. The Morgan fingerprint density at radius 2 is 2.14 bits per heavy atom. The first-order valence-corrected chi connectivity index (χ1v) is 6.84. The van der Waals surface area contributed by atoms with E-state index < -0.39 is 18.1 Å². The number of rotatable bonds is 5. The van der Waals surface area contributed by atoms with Gasteiger partial charge in [0.15, 0.2) is 0 Å². The molecule has 0 saturated carbocycles. The number of hydrogen-bond donors (Lipinski definition) is 1. The quantitative estimate of drug-likeness (QED) is 0.840. The van der Waals surface area contributed by atoms with Gasteiger partial charge in [-0.15, -0.1) is 0 Å². The molecule has 1 saturated heterocycles. The van der Waals surface area contributed by atoms with E-state index in [0.717, 1.165) is 6.42 Å². The topological polar surface area (TPSA) is 64.6 Å². The first kappa shape index (κ1) is 15.4. The molecule has 1 aromatic carbocycles. The van der Waals surface area contributed by atoms with E-state index in [1.165, 1.54) is 19.2 Å². The number of ether oxygens (including phenoxy) is 2. The first-order chi connectivity index (χ1) is 10.1. The molecule has 114 valence electrons. The minimum absolute atomic E-state index is 0.0133. The van der Waals surface area contributed by atoms with Crippen molar-refractivity contribution in [2.45, 2.75) is 31.4 Å². The van der Waals surface area contributed by atoms with E-state index in [1.807, 2.05) is 0 Å². The smallest absolute Gasteiger partial charge is 0.307 e. The Labute approximate surface area is 122 Å². The first-order valence-electron chi connectivity index (χ1n) is 6.84. The number of benzene rings is 1. The number of amides is 1. The van der Waals surface area contributed by atoms with Crippen molar-refractivity contribution in [3.63, 3.8) is 0 Å². The zero-order chi connectivity index (χ0) is 15.2. The van der Waals surface area contributed by atoms with Crippen LogP contribution in [0, 0.1) is 5.82 Å². The summed E-state index contributed by atoms with van der Waals surface area (Å²) in [6, 6.07) is 5.10. The molecule has 0 spiro atoms. The Hall–Kier alpha value is -1.95. The van der Waals surface area contributed by atoms with E-state index in [1.54, 1.807) is 12.1 Å². The lowest BCUT2D eigenvalue weighted by atomic mass is 10.0. The fourth-order valence-corrected chi connectivity index (χ4v) is 2.25. The second-order valence-corrected chi connectivity index (χ2v) is 4.89. The Morgan fingerprint density at radius 1 is 1.43 bits per heavy atom. The lowest BCUT2D eigenvalue weighted by molar-refractivity contribution is -0.141. The van der Waals surface area contributed by atoms with Crippen molar-refractivity contribution in [1.82, 2.24) is 5.32 Å². The fourth-order valence-electron chi connectivity index (χ4n) is 2.25. The van der Waals surface area contributed by atoms with Crippen molar-refractivity contribution in [2.75, 3.05) is 13.7 Å². The average Bonchev–Trinajstić information content (AvgIpc) is 3.01. The van der Waals surface area contributed by atoms with Crippen LogP contribution in [0.1, 0.15) is 30.9 Å². The number of halogens is 1. The van der Waals surface area contributed by atoms with Gasteiger partial charge in [-0.25, -0.2) is 4.39 Å². The van der Waals surface area contributed by atoms with Gasteiger partial charge in [0.2, 0.25) is 5.91 Å². The molecule has 1 N–H and O–H groups in total. The number of carbonyl (C=O) groups is 2. The molecule has 2 rings (SSSR count). The molecule has 6 heteroatoms. The molecule has 1 aliphatic rings. The van der Waals surface area contributed by atoms with Crippen molar-refractivity contribution in [3.05, 3.63) is 35.6 Å². The SMILES string of the molecule is COC(=O)C[C@@H](NC(=O)[C@@H]1CCCO1)c1ccc(F)cc1. The normalized spacial score (nSPS) is 19.0. The van der Waals surface area contributed by atoms with Gasteiger partial charge in [0.25, 0.3) is 0 Å². The number of nitrogens with one attached hydrogen (secondary N) is 1. The zero-order valence-corrected chi connectivity index (χ0v) is 11.8. The summed E-state index contributed by atoms with van der Waals surface area (Å²) in [7, 11) is 1.28. The van der Waals surface area contributed by atoms with Gasteiger partial charge >= 0.3 is 5.97 Å². The highest BCUT2D eigenvalue weighted by Crippen LogP contribution is 2.20. The van der Waals surface area contributed by atoms with E-state index in [0.29, 0.717) is 18.6 Å². The third-order valence-corrected chi connectivity index (χ3v) is 3.41. The maximum absolute atomic E-state index is 13.0. The molecule has 1 fully saturated rings. The van der Waals surface area contributed by atoms with E-state index in [4.69, 9.17) is 4.74 Å². The van der Waals surface area contributed by atoms with Crippen molar-refractivity contribution in [1.29, 1.82) is 0 Å². The number of methoxy groups -OCH3 is 1. The van der Waals surface area contributed by atoms with Gasteiger partial charge in [-0.2, -0.15) is 0 Å². The third kappa shape index (κ3) is 4.26. The van der Waals surface area contributed by atoms with Crippen molar-refractivity contribution in [2.24, 2.45) is 0 Å². The van der Waals surface area contributed by atoms with Crippen LogP contribution < -0.4 is 5.32 Å². The summed E-state index contributed by atoms with van der Waals surface area (Å²) < 4.78 is 22.9. The van der Waals surface area contributed by atoms with Crippen LogP contribution in [0.25, 0.3) is 0 Å². The molecule has 1 aliphatic heterocycles. The van der Waals surface area contributed by atoms with E-state index >= 15 is 0 Å². The van der Waals surface area contributed by atoms with Gasteiger partial charge in [-0.1, -0.05) is 12.1 Å². The number of esters is 1. The summed E-state index contributed by atoms with van der Waals surface area (Å²) in [4.78, 5) is 23.6. The molecule has 1 heterocycles. The van der Waals surface area contributed by atoms with Crippen molar-refractivity contribution < 1.29 is 23.5 Å². The predicted molar refractivity (Wildman–Crippen MR) is 72.9 cm³/mol. The maximum atomic E-state index is 13.0. The third-order valence-electron chi connectivity index (χ3n) is 3.41. The van der Waals surface area contributed by atoms with Crippen LogP contribution in [0.2, 0.25) is 0 Å². The molecule has 2 atom stereocenters. The largest absolute Gasteiger partial charge is 0.469 e. The van der Waals surface area contributed by atoms with Crippen LogP contribution in [0.3, 0.4) is 0 Å². The van der Waals surface area contributed by atoms with E-state index in [-0.39, 0.29) is 18.1 Å². The molecule has 5 nitrogen and oxygen atoms in total. The van der Waals surface area contributed by atoms with Crippen LogP contribution in [-0.2, 0) is 19.1 Å². The summed E-state index contributed by atoms with van der Waals surface area (Å²) in [5, 5.41) is 2.77. The van der Waals surface area contributed by atoms with Crippen molar-refractivity contribution in [3.8, 4) is 0 Å². The molecule has 0 unspecified atom stereocenters. The van der Waals surface area contributed by atoms with Crippen LogP contribution in [0.4, 0.5) is 4.39 Å². The molecule has 0 radical (unpaired) electrons. The Morgan fingerprint density at radius 3 is 2.71 bits per heavy atom. The van der Waals surface area contributed by atoms with Gasteiger partial charge in [-0.3, -0.25) is 9.59 Å². The second kappa shape index (κ2) is 7.17. The van der Waals surface area contributed by atoms with Gasteiger partial charge in [0, 0.05) is 6.61 Å². The van der Waals surface area contributed by atoms with Gasteiger partial charge in [0.05, 0.1) is 19.6 Å². The molecule has 0 aromatic heterocycles. The highest BCUT2D eigenvalue weighted by atomic mass is 19.1.